The van der Waals surface area contributed by atoms with Crippen molar-refractivity contribution in [1.29, 1.82) is 0 Å². The van der Waals surface area contributed by atoms with Crippen molar-refractivity contribution in [2.24, 2.45) is 11.0 Å². The van der Waals surface area contributed by atoms with Crippen LogP contribution in [0.2, 0.25) is 0 Å². The van der Waals surface area contributed by atoms with Gasteiger partial charge in [-0.2, -0.15) is 5.10 Å². The average molecular weight is 260 g/mol. The number of amides is 1. The Hall–Kier alpha value is -1.84. The van der Waals surface area contributed by atoms with E-state index in [4.69, 9.17) is 4.74 Å². The lowest BCUT2D eigenvalue weighted by molar-refractivity contribution is -0.123. The van der Waals surface area contributed by atoms with Crippen LogP contribution in [0.25, 0.3) is 0 Å². The first-order valence-electron chi connectivity index (χ1n) is 6.84. The molecule has 1 N–H and O–H groups in total. The van der Waals surface area contributed by atoms with Crippen molar-refractivity contribution >= 4 is 12.1 Å². The van der Waals surface area contributed by atoms with Crippen molar-refractivity contribution in [1.82, 2.24) is 5.43 Å². The minimum absolute atomic E-state index is 0.00792. The van der Waals surface area contributed by atoms with Crippen LogP contribution >= 0.6 is 0 Å². The summed E-state index contributed by atoms with van der Waals surface area (Å²) >= 11 is 0. The maximum Gasteiger partial charge on any atom is 0.277 e. The number of benzene rings is 1. The Kier molecular flexibility index (Phi) is 5.41. The predicted octanol–water partition coefficient (Wildman–Crippen LogP) is 2.75. The Morgan fingerprint density at radius 1 is 1.26 bits per heavy atom. The van der Waals surface area contributed by atoms with Gasteiger partial charge < -0.3 is 4.74 Å². The molecule has 0 heterocycles. The molecule has 1 aromatic rings. The molecule has 0 radical (unpaired) electrons. The van der Waals surface area contributed by atoms with E-state index in [1.807, 2.05) is 36.5 Å². The number of carbonyl (C=O) groups is 1. The number of nitrogens with zero attached hydrogens (tertiary/aromatic N) is 1. The van der Waals surface area contributed by atoms with E-state index in [0.717, 1.165) is 0 Å². The lowest BCUT2D eigenvalue weighted by Gasteiger charge is -2.16. The molecule has 2 rings (SSSR count). The number of hydrazone groups is 1. The van der Waals surface area contributed by atoms with Crippen molar-refractivity contribution in [3.05, 3.63) is 30.3 Å². The third kappa shape index (κ3) is 5.12. The molecule has 0 aliphatic heterocycles. The molecule has 4 nitrogen and oxygen atoms in total. The molecule has 1 aromatic carbocycles. The second-order valence-electron chi connectivity index (χ2n) is 4.81. The topological polar surface area (TPSA) is 50.7 Å². The first-order valence-corrected chi connectivity index (χ1v) is 6.84. The second-order valence-corrected chi connectivity index (χ2v) is 4.81. The summed E-state index contributed by atoms with van der Waals surface area (Å²) in [5.74, 6) is 0.980. The normalized spacial score (nSPS) is 16.4. The zero-order valence-corrected chi connectivity index (χ0v) is 11.0. The van der Waals surface area contributed by atoms with Gasteiger partial charge in [-0.3, -0.25) is 4.79 Å². The molecular weight excluding hydrogens is 240 g/mol. The van der Waals surface area contributed by atoms with Crippen LogP contribution in [-0.4, -0.2) is 18.7 Å². The van der Waals surface area contributed by atoms with Crippen LogP contribution in [-0.2, 0) is 4.79 Å². The lowest BCUT2D eigenvalue weighted by atomic mass is 9.90. The van der Waals surface area contributed by atoms with Gasteiger partial charge in [0, 0.05) is 6.21 Å². The third-order valence-electron chi connectivity index (χ3n) is 3.24. The Morgan fingerprint density at radius 2 is 2.00 bits per heavy atom. The fourth-order valence-corrected chi connectivity index (χ4v) is 2.20. The Balaban J connectivity index is 1.65. The molecular formula is C15H20N2O2. The monoisotopic (exact) mass is 260 g/mol. The first kappa shape index (κ1) is 13.6. The fraction of sp³-hybridized carbons (Fsp3) is 0.467. The van der Waals surface area contributed by atoms with E-state index < -0.39 is 0 Å². The summed E-state index contributed by atoms with van der Waals surface area (Å²) in [5.41, 5.74) is 2.51. The van der Waals surface area contributed by atoms with Gasteiger partial charge in [0.1, 0.15) is 5.75 Å². The molecule has 102 valence electrons. The summed E-state index contributed by atoms with van der Waals surface area (Å²) in [6.45, 7) is -0.00792. The molecule has 1 aliphatic carbocycles. The summed E-state index contributed by atoms with van der Waals surface area (Å²) in [6.07, 6.45) is 8.07. The number of nitrogens with one attached hydrogen (secondary N) is 1. The smallest absolute Gasteiger partial charge is 0.277 e. The molecule has 19 heavy (non-hydrogen) atoms. The van der Waals surface area contributed by atoms with Crippen LogP contribution in [0.15, 0.2) is 35.4 Å². The maximum atomic E-state index is 11.5. The largest absolute Gasteiger partial charge is 0.484 e. The number of para-hydroxylation sites is 1. The van der Waals surface area contributed by atoms with E-state index in [2.05, 4.69) is 10.5 Å². The second kappa shape index (κ2) is 7.56. The molecule has 1 fully saturated rings. The van der Waals surface area contributed by atoms with Crippen molar-refractivity contribution in [3.8, 4) is 5.75 Å². The van der Waals surface area contributed by atoms with E-state index in [0.29, 0.717) is 11.7 Å². The average Bonchev–Trinajstić information content (AvgIpc) is 2.47. The molecule has 1 saturated carbocycles. The van der Waals surface area contributed by atoms with Gasteiger partial charge in [-0.1, -0.05) is 37.5 Å². The molecule has 0 aromatic heterocycles. The summed E-state index contributed by atoms with van der Waals surface area (Å²) < 4.78 is 5.32. The van der Waals surface area contributed by atoms with Gasteiger partial charge in [-0.05, 0) is 30.9 Å². The van der Waals surface area contributed by atoms with Crippen molar-refractivity contribution in [3.63, 3.8) is 0 Å². The van der Waals surface area contributed by atoms with Crippen LogP contribution in [0.5, 0.6) is 5.75 Å². The van der Waals surface area contributed by atoms with Gasteiger partial charge in [-0.15, -0.1) is 0 Å². The van der Waals surface area contributed by atoms with Gasteiger partial charge in [-0.25, -0.2) is 5.43 Å². The van der Waals surface area contributed by atoms with E-state index in [9.17, 15) is 4.79 Å². The Bertz CT molecular complexity index is 411. The van der Waals surface area contributed by atoms with Crippen molar-refractivity contribution in [2.75, 3.05) is 6.61 Å². The van der Waals surface area contributed by atoms with E-state index in [1.54, 1.807) is 0 Å². The summed E-state index contributed by atoms with van der Waals surface area (Å²) in [4.78, 5) is 11.5. The molecule has 0 bridgehead atoms. The van der Waals surface area contributed by atoms with Gasteiger partial charge in [0.15, 0.2) is 6.61 Å². The highest BCUT2D eigenvalue weighted by Crippen LogP contribution is 2.21. The van der Waals surface area contributed by atoms with E-state index >= 15 is 0 Å². The number of hydrogen-bond acceptors (Lipinski definition) is 3. The van der Waals surface area contributed by atoms with E-state index in [1.165, 1.54) is 32.1 Å². The van der Waals surface area contributed by atoms with Crippen molar-refractivity contribution in [2.45, 2.75) is 32.1 Å². The van der Waals surface area contributed by atoms with Crippen LogP contribution in [0.4, 0.5) is 0 Å². The highest BCUT2D eigenvalue weighted by atomic mass is 16.5. The van der Waals surface area contributed by atoms with Crippen LogP contribution in [0.1, 0.15) is 32.1 Å². The summed E-state index contributed by atoms with van der Waals surface area (Å²) in [5, 5.41) is 4.00. The fourth-order valence-electron chi connectivity index (χ4n) is 2.20. The molecule has 1 amide bonds. The molecule has 1 aliphatic rings. The highest BCUT2D eigenvalue weighted by Gasteiger charge is 2.10. The van der Waals surface area contributed by atoms with Gasteiger partial charge in [0.25, 0.3) is 5.91 Å². The zero-order valence-electron chi connectivity index (χ0n) is 11.0. The Labute approximate surface area is 113 Å². The first-order chi connectivity index (χ1) is 9.34. The molecule has 4 heteroatoms. The third-order valence-corrected chi connectivity index (χ3v) is 3.24. The minimum Gasteiger partial charge on any atom is -0.484 e. The molecule has 0 atom stereocenters. The number of hydrogen-bond donors (Lipinski definition) is 1. The predicted molar refractivity (Wildman–Crippen MR) is 75.1 cm³/mol. The van der Waals surface area contributed by atoms with Crippen molar-refractivity contribution < 1.29 is 9.53 Å². The highest BCUT2D eigenvalue weighted by molar-refractivity contribution is 5.78. The van der Waals surface area contributed by atoms with Gasteiger partial charge >= 0.3 is 0 Å². The maximum absolute atomic E-state index is 11.5. The van der Waals surface area contributed by atoms with Crippen LogP contribution in [0.3, 0.4) is 0 Å². The number of carbonyl (C=O) groups excluding carboxylic acids is 1. The number of ether oxygens (including phenoxy) is 1. The Morgan fingerprint density at radius 3 is 2.74 bits per heavy atom. The quantitative estimate of drug-likeness (QED) is 0.653. The summed E-state index contributed by atoms with van der Waals surface area (Å²) in [6, 6.07) is 9.28. The van der Waals surface area contributed by atoms with Gasteiger partial charge in [0.05, 0.1) is 0 Å². The lowest BCUT2D eigenvalue weighted by Crippen LogP contribution is -2.25. The number of rotatable bonds is 5. The van der Waals surface area contributed by atoms with Gasteiger partial charge in [0.2, 0.25) is 0 Å². The van der Waals surface area contributed by atoms with Crippen LogP contribution < -0.4 is 10.2 Å². The molecule has 0 spiro atoms. The molecule has 0 unspecified atom stereocenters. The SMILES string of the molecule is O=C(COc1ccccc1)N/N=C/C1CCCCC1. The minimum atomic E-state index is -0.226. The molecule has 0 saturated heterocycles. The summed E-state index contributed by atoms with van der Waals surface area (Å²) in [7, 11) is 0. The zero-order chi connectivity index (χ0) is 13.3. The van der Waals surface area contributed by atoms with Crippen LogP contribution in [0, 0.1) is 5.92 Å². The standard InChI is InChI=1S/C15H20N2O2/c18-15(12-19-14-9-5-2-6-10-14)17-16-11-13-7-3-1-4-8-13/h2,5-6,9-11,13H,1,3-4,7-8,12H2,(H,17,18)/b16-11+. The van der Waals surface area contributed by atoms with E-state index in [-0.39, 0.29) is 12.5 Å².